The van der Waals surface area contributed by atoms with Crippen molar-refractivity contribution in [3.8, 4) is 0 Å². The van der Waals surface area contributed by atoms with Crippen molar-refractivity contribution in [2.24, 2.45) is 17.8 Å². The first kappa shape index (κ1) is 12.0. The minimum atomic E-state index is 0.902. The highest BCUT2D eigenvalue weighted by molar-refractivity contribution is 9.11. The molecule has 1 aromatic carbocycles. The van der Waals surface area contributed by atoms with Crippen molar-refractivity contribution in [3.05, 3.63) is 27.1 Å². The second kappa shape index (κ2) is 4.93. The Morgan fingerprint density at radius 3 is 2.76 bits per heavy atom. The smallest absolute Gasteiger partial charge is 0.0496 e. The summed E-state index contributed by atoms with van der Waals surface area (Å²) in [6.07, 6.45) is 5.90. The van der Waals surface area contributed by atoms with E-state index in [0.717, 1.165) is 33.2 Å². The van der Waals surface area contributed by atoms with E-state index >= 15 is 0 Å². The lowest BCUT2D eigenvalue weighted by Crippen LogP contribution is -2.20. The molecule has 0 aliphatic heterocycles. The first-order valence-corrected chi connectivity index (χ1v) is 8.00. The Balaban J connectivity index is 1.62. The van der Waals surface area contributed by atoms with Crippen LogP contribution in [-0.2, 0) is 0 Å². The minimum absolute atomic E-state index is 0.902. The number of hydrogen-bond acceptors (Lipinski definition) is 1. The van der Waals surface area contributed by atoms with Crippen molar-refractivity contribution >= 4 is 37.5 Å². The molecule has 1 N–H and O–H groups in total. The van der Waals surface area contributed by atoms with Crippen LogP contribution in [0.3, 0.4) is 0 Å². The number of nitrogens with one attached hydrogen (secondary N) is 1. The predicted octanol–water partition coefficient (Wildman–Crippen LogP) is 5.06. The Bertz CT molecular complexity index is 419. The molecule has 17 heavy (non-hydrogen) atoms. The molecule has 0 radical (unpaired) electrons. The van der Waals surface area contributed by atoms with Crippen molar-refractivity contribution in [2.45, 2.75) is 25.7 Å². The quantitative estimate of drug-likeness (QED) is 0.796. The highest BCUT2D eigenvalue weighted by atomic mass is 79.9. The fourth-order valence-electron chi connectivity index (χ4n) is 3.50. The van der Waals surface area contributed by atoms with Crippen molar-refractivity contribution in [1.82, 2.24) is 0 Å². The van der Waals surface area contributed by atoms with Gasteiger partial charge in [0.1, 0.15) is 0 Å². The molecule has 0 aromatic heterocycles. The van der Waals surface area contributed by atoms with Crippen LogP contribution in [0.1, 0.15) is 25.7 Å². The second-order valence-electron chi connectivity index (χ2n) is 5.44. The summed E-state index contributed by atoms with van der Waals surface area (Å²) in [5.74, 6) is 2.94. The lowest BCUT2D eigenvalue weighted by molar-refractivity contribution is 0.348. The fourth-order valence-corrected chi connectivity index (χ4v) is 4.25. The second-order valence-corrected chi connectivity index (χ2v) is 7.21. The summed E-state index contributed by atoms with van der Waals surface area (Å²) >= 11 is 7.12. The van der Waals surface area contributed by atoms with E-state index in [1.165, 1.54) is 31.4 Å². The summed E-state index contributed by atoms with van der Waals surface area (Å²) in [5.41, 5.74) is 1.21. The summed E-state index contributed by atoms with van der Waals surface area (Å²) in [4.78, 5) is 0. The molecule has 0 spiro atoms. The van der Waals surface area contributed by atoms with E-state index in [-0.39, 0.29) is 0 Å². The Morgan fingerprint density at radius 1 is 1.18 bits per heavy atom. The van der Waals surface area contributed by atoms with Crippen LogP contribution in [0.5, 0.6) is 0 Å². The van der Waals surface area contributed by atoms with Crippen LogP contribution in [0, 0.1) is 17.8 Å². The molecule has 3 unspecified atom stereocenters. The largest absolute Gasteiger partial charge is 0.384 e. The SMILES string of the molecule is Brc1ccc(Br)c(NCC2CC3CCC2C3)c1. The van der Waals surface area contributed by atoms with Crippen LogP contribution in [0.15, 0.2) is 27.1 Å². The average molecular weight is 359 g/mol. The molecule has 2 bridgehead atoms. The Labute approximate surface area is 120 Å². The molecule has 0 amide bonds. The van der Waals surface area contributed by atoms with Gasteiger partial charge < -0.3 is 5.32 Å². The van der Waals surface area contributed by atoms with Crippen molar-refractivity contribution in [3.63, 3.8) is 0 Å². The Hall–Kier alpha value is -0.0200. The molecular formula is C14H17Br2N. The minimum Gasteiger partial charge on any atom is -0.384 e. The standard InChI is InChI=1S/C14H17Br2N/c15-12-3-4-13(16)14(7-12)17-8-11-6-9-1-2-10(11)5-9/h3-4,7,9-11,17H,1-2,5-6,8H2. The molecule has 1 aromatic rings. The van der Waals surface area contributed by atoms with Gasteiger partial charge in [-0.2, -0.15) is 0 Å². The Morgan fingerprint density at radius 2 is 2.06 bits per heavy atom. The van der Waals surface area contributed by atoms with Gasteiger partial charge in [-0.05, 0) is 71.1 Å². The van der Waals surface area contributed by atoms with E-state index in [9.17, 15) is 0 Å². The highest BCUT2D eigenvalue weighted by Crippen LogP contribution is 2.48. The van der Waals surface area contributed by atoms with Crippen LogP contribution < -0.4 is 5.32 Å². The monoisotopic (exact) mass is 357 g/mol. The van der Waals surface area contributed by atoms with Crippen molar-refractivity contribution < 1.29 is 0 Å². The molecule has 2 aliphatic carbocycles. The average Bonchev–Trinajstić information content (AvgIpc) is 2.92. The van der Waals surface area contributed by atoms with Crippen LogP contribution in [0.25, 0.3) is 0 Å². The van der Waals surface area contributed by atoms with Crippen LogP contribution in [0.2, 0.25) is 0 Å². The number of hydrogen-bond donors (Lipinski definition) is 1. The maximum Gasteiger partial charge on any atom is 0.0496 e. The summed E-state index contributed by atoms with van der Waals surface area (Å²) in [7, 11) is 0. The molecule has 3 rings (SSSR count). The number of anilines is 1. The van der Waals surface area contributed by atoms with Crippen LogP contribution in [0.4, 0.5) is 5.69 Å². The lowest BCUT2D eigenvalue weighted by Gasteiger charge is -2.22. The summed E-state index contributed by atoms with van der Waals surface area (Å²) in [5, 5.41) is 3.60. The molecule has 2 fully saturated rings. The molecule has 3 heteroatoms. The molecule has 2 saturated carbocycles. The van der Waals surface area contributed by atoms with Gasteiger partial charge in [0.2, 0.25) is 0 Å². The van der Waals surface area contributed by atoms with Crippen LogP contribution in [-0.4, -0.2) is 6.54 Å². The summed E-state index contributed by atoms with van der Waals surface area (Å²) < 4.78 is 2.29. The van der Waals surface area contributed by atoms with Gasteiger partial charge in [0.25, 0.3) is 0 Å². The molecule has 2 aliphatic rings. The first-order valence-electron chi connectivity index (χ1n) is 6.41. The van der Waals surface area contributed by atoms with Crippen molar-refractivity contribution in [1.29, 1.82) is 0 Å². The molecule has 92 valence electrons. The third-order valence-corrected chi connectivity index (χ3v) is 5.55. The predicted molar refractivity (Wildman–Crippen MR) is 79.3 cm³/mol. The van der Waals surface area contributed by atoms with Gasteiger partial charge in [-0.1, -0.05) is 22.4 Å². The maximum atomic E-state index is 3.60. The van der Waals surface area contributed by atoms with E-state index in [1.54, 1.807) is 0 Å². The summed E-state index contributed by atoms with van der Waals surface area (Å²) in [6.45, 7) is 1.14. The lowest BCUT2D eigenvalue weighted by atomic mass is 9.89. The third-order valence-electron chi connectivity index (χ3n) is 4.37. The topological polar surface area (TPSA) is 12.0 Å². The van der Waals surface area contributed by atoms with Gasteiger partial charge in [-0.25, -0.2) is 0 Å². The van der Waals surface area contributed by atoms with E-state index in [2.05, 4.69) is 55.4 Å². The van der Waals surface area contributed by atoms with Gasteiger partial charge >= 0.3 is 0 Å². The zero-order valence-electron chi connectivity index (χ0n) is 9.76. The highest BCUT2D eigenvalue weighted by Gasteiger charge is 2.39. The zero-order valence-corrected chi connectivity index (χ0v) is 12.9. The molecule has 1 nitrogen and oxygen atoms in total. The van der Waals surface area contributed by atoms with Gasteiger partial charge in [0.05, 0.1) is 0 Å². The van der Waals surface area contributed by atoms with Gasteiger partial charge in [0.15, 0.2) is 0 Å². The fraction of sp³-hybridized carbons (Fsp3) is 0.571. The van der Waals surface area contributed by atoms with Gasteiger partial charge in [-0.3, -0.25) is 0 Å². The van der Waals surface area contributed by atoms with Gasteiger partial charge in [-0.15, -0.1) is 0 Å². The number of benzene rings is 1. The normalized spacial score (nSPS) is 30.8. The van der Waals surface area contributed by atoms with Crippen LogP contribution >= 0.6 is 31.9 Å². The van der Waals surface area contributed by atoms with Crippen molar-refractivity contribution in [2.75, 3.05) is 11.9 Å². The van der Waals surface area contributed by atoms with Gasteiger partial charge in [0, 0.05) is 21.2 Å². The maximum absolute atomic E-state index is 3.60. The van der Waals surface area contributed by atoms with E-state index in [0.29, 0.717) is 0 Å². The van der Waals surface area contributed by atoms with E-state index < -0.39 is 0 Å². The number of halogens is 2. The zero-order chi connectivity index (χ0) is 11.8. The number of fused-ring (bicyclic) bond motifs is 2. The first-order chi connectivity index (χ1) is 8.22. The third kappa shape index (κ3) is 2.55. The molecular weight excluding hydrogens is 342 g/mol. The van der Waals surface area contributed by atoms with E-state index in [4.69, 9.17) is 0 Å². The molecule has 3 atom stereocenters. The molecule has 0 saturated heterocycles. The number of rotatable bonds is 3. The summed E-state index contributed by atoms with van der Waals surface area (Å²) in [6, 6.07) is 6.30. The Kier molecular flexibility index (Phi) is 3.49. The van der Waals surface area contributed by atoms with E-state index in [1.807, 2.05) is 0 Å². The molecule has 0 heterocycles.